The van der Waals surface area contributed by atoms with Gasteiger partial charge in [0.1, 0.15) is 0 Å². The molecule has 0 aromatic carbocycles. The van der Waals surface area contributed by atoms with Crippen molar-refractivity contribution in [3.8, 4) is 11.8 Å². The normalized spacial score (nSPS) is 9.00. The molecule has 0 saturated carbocycles. The van der Waals surface area contributed by atoms with Crippen molar-refractivity contribution in [1.82, 2.24) is 39.3 Å². The minimum Gasteiger partial charge on any atom is -0.425 e. The van der Waals surface area contributed by atoms with Gasteiger partial charge in [0.05, 0.1) is 0 Å². The number of nitrogens with zero attached hydrogens (tertiary/aromatic N) is 7. The van der Waals surface area contributed by atoms with Gasteiger partial charge in [0, 0.05) is 51.1 Å². The molecule has 0 aliphatic rings. The number of aromatic nitrogens is 6. The van der Waals surface area contributed by atoms with Gasteiger partial charge in [-0.15, -0.1) is 6.58 Å². The molecule has 3 heterocycles. The van der Waals surface area contributed by atoms with E-state index in [1.807, 2.05) is 36.8 Å². The fourth-order valence-corrected chi connectivity index (χ4v) is 2.05. The fourth-order valence-electron chi connectivity index (χ4n) is 2.05. The van der Waals surface area contributed by atoms with Crippen LogP contribution in [0.2, 0.25) is 0 Å². The van der Waals surface area contributed by atoms with E-state index in [-0.39, 0.29) is 35.6 Å². The summed E-state index contributed by atoms with van der Waals surface area (Å²) in [5.41, 5.74) is 0. The molecular weight excluding hydrogens is 578 g/mol. The Morgan fingerprint density at radius 1 is 1.00 bits per heavy atom. The molecule has 12 heteroatoms. The third kappa shape index (κ3) is 8.89. The number of carbonyl (C=O) groups is 2. The second-order valence-electron chi connectivity index (χ2n) is 5.75. The number of nitrogens with one attached hydrogen (secondary N) is 1. The van der Waals surface area contributed by atoms with Gasteiger partial charge in [-0.05, 0) is 36.8 Å². The topological polar surface area (TPSA) is 103 Å². The summed E-state index contributed by atoms with van der Waals surface area (Å²) < 4.78 is 5.38. The summed E-state index contributed by atoms with van der Waals surface area (Å²) >= 11 is 0. The van der Waals surface area contributed by atoms with Gasteiger partial charge >= 0.3 is 21.1 Å². The Kier molecular flexibility index (Phi) is 13.0. The molecule has 2 amide bonds. The number of rotatable bonds is 5. The first-order valence-corrected chi connectivity index (χ1v) is 8.62. The van der Waals surface area contributed by atoms with Crippen LogP contribution >= 0.6 is 0 Å². The second kappa shape index (κ2) is 14.6. The SMILES string of the molecule is C=CCNC(=O)C#CC(=O)N(C)C.[CH3-].[Pt+2].c1cnn([B-](n2cccn2)n2cccn2)c1. The van der Waals surface area contributed by atoms with Gasteiger partial charge in [0.2, 0.25) is 0 Å². The predicted octanol–water partition coefficient (Wildman–Crippen LogP) is 0.0337. The van der Waals surface area contributed by atoms with Gasteiger partial charge in [0.15, 0.2) is 0 Å². The summed E-state index contributed by atoms with van der Waals surface area (Å²) in [7, 11) is 2.94. The second-order valence-corrected chi connectivity index (χ2v) is 5.75. The Morgan fingerprint density at radius 2 is 1.45 bits per heavy atom. The standard InChI is InChI=1S/C9H9BN6.C9H12N2O2.CH3.Pt/c1-4-11-14(7-1)10(15-8-2-5-12-15)16-9-3-6-13-16;1-4-7-10-8(12)5-6-9(13)11(2)3;;/h1-9H;4H,1,7H2,2-3H3,(H,10,12);1H3;/q-1;;-1;+2. The molecule has 165 valence electrons. The number of amides is 2. The zero-order chi connectivity index (χ0) is 21.1. The summed E-state index contributed by atoms with van der Waals surface area (Å²) in [6, 6.07) is 5.62. The fraction of sp³-hybridized carbons (Fsp3) is 0.158. The van der Waals surface area contributed by atoms with Crippen LogP contribution in [0.15, 0.2) is 68.0 Å². The molecule has 3 aromatic heterocycles. The van der Waals surface area contributed by atoms with E-state index in [0.29, 0.717) is 6.54 Å². The van der Waals surface area contributed by atoms with Crippen LogP contribution in [0, 0.1) is 19.3 Å². The van der Waals surface area contributed by atoms with Gasteiger partial charge in [-0.3, -0.25) is 9.59 Å². The molecule has 0 unspecified atom stereocenters. The quantitative estimate of drug-likeness (QED) is 0.192. The van der Waals surface area contributed by atoms with Crippen LogP contribution < -0.4 is 5.32 Å². The van der Waals surface area contributed by atoms with Gasteiger partial charge in [-0.25, -0.2) is 15.3 Å². The maximum Gasteiger partial charge on any atom is 2.00 e. The largest absolute Gasteiger partial charge is 2.00 e. The van der Waals surface area contributed by atoms with Crippen LogP contribution in [0.25, 0.3) is 0 Å². The molecular formula is C19H24BN8O2Pt. The van der Waals surface area contributed by atoms with E-state index in [1.165, 1.54) is 11.0 Å². The molecule has 31 heavy (non-hydrogen) atoms. The summed E-state index contributed by atoms with van der Waals surface area (Å²) in [5, 5.41) is 15.1. The first-order valence-electron chi connectivity index (χ1n) is 8.62. The van der Waals surface area contributed by atoms with Crippen molar-refractivity contribution in [2.45, 2.75) is 0 Å². The van der Waals surface area contributed by atoms with Gasteiger partial charge in [0.25, 0.3) is 18.9 Å². The summed E-state index contributed by atoms with van der Waals surface area (Å²) in [6.45, 7) is 3.77. The molecule has 0 saturated heterocycles. The minimum absolute atomic E-state index is 0. The number of hydrogen-bond donors (Lipinski definition) is 1. The van der Waals surface area contributed by atoms with Crippen LogP contribution in [0.1, 0.15) is 0 Å². The van der Waals surface area contributed by atoms with Crippen LogP contribution in [0.5, 0.6) is 0 Å². The maximum atomic E-state index is 10.9. The third-order valence-electron chi connectivity index (χ3n) is 3.38. The molecule has 0 aliphatic carbocycles. The number of hydrogen-bond acceptors (Lipinski definition) is 5. The van der Waals surface area contributed by atoms with Crippen LogP contribution in [-0.2, 0) is 30.7 Å². The van der Waals surface area contributed by atoms with Crippen LogP contribution in [0.4, 0.5) is 0 Å². The molecule has 3 rings (SSSR count). The molecule has 1 radical (unpaired) electrons. The van der Waals surface area contributed by atoms with Crippen molar-refractivity contribution in [3.63, 3.8) is 0 Å². The van der Waals surface area contributed by atoms with Crippen LogP contribution in [-0.4, -0.2) is 73.5 Å². The van der Waals surface area contributed by atoms with E-state index in [4.69, 9.17) is 0 Å². The van der Waals surface area contributed by atoms with Crippen molar-refractivity contribution in [3.05, 3.63) is 75.5 Å². The van der Waals surface area contributed by atoms with E-state index in [0.717, 1.165) is 0 Å². The Labute approximate surface area is 196 Å². The van der Waals surface area contributed by atoms with Crippen molar-refractivity contribution >= 4 is 18.9 Å². The van der Waals surface area contributed by atoms with E-state index in [9.17, 15) is 9.59 Å². The molecule has 0 atom stereocenters. The molecule has 0 aliphatic heterocycles. The Morgan fingerprint density at radius 3 is 1.77 bits per heavy atom. The molecule has 0 spiro atoms. The van der Waals surface area contributed by atoms with Gasteiger partial charge in [-0.2, -0.15) is 0 Å². The maximum absolute atomic E-state index is 10.9. The van der Waals surface area contributed by atoms with Crippen LogP contribution in [0.3, 0.4) is 0 Å². The zero-order valence-electron chi connectivity index (χ0n) is 17.5. The molecule has 0 fully saturated rings. The third-order valence-corrected chi connectivity index (χ3v) is 3.38. The summed E-state index contributed by atoms with van der Waals surface area (Å²) in [4.78, 5) is 23.0. The number of carbonyl (C=O) groups excluding carboxylic acids is 2. The van der Waals surface area contributed by atoms with Crippen molar-refractivity contribution < 1.29 is 30.7 Å². The van der Waals surface area contributed by atoms with Crippen molar-refractivity contribution in [2.24, 2.45) is 0 Å². The van der Waals surface area contributed by atoms with E-state index >= 15 is 0 Å². The van der Waals surface area contributed by atoms with Crippen molar-refractivity contribution in [2.75, 3.05) is 20.6 Å². The van der Waals surface area contributed by atoms with E-state index < -0.39 is 11.8 Å². The monoisotopic (exact) mass is 602 g/mol. The van der Waals surface area contributed by atoms with Gasteiger partial charge < -0.3 is 31.4 Å². The van der Waals surface area contributed by atoms with E-state index in [2.05, 4.69) is 39.0 Å². The Hall–Kier alpha value is -3.38. The first-order chi connectivity index (χ1) is 14.0. The molecule has 10 nitrogen and oxygen atoms in total. The van der Waals surface area contributed by atoms with Gasteiger partial charge in [-0.1, -0.05) is 6.08 Å². The minimum atomic E-state index is -0.477. The molecule has 1 N–H and O–H groups in total. The van der Waals surface area contributed by atoms with Crippen molar-refractivity contribution in [1.29, 1.82) is 0 Å². The Balaban J connectivity index is 0.000000560. The zero-order valence-corrected chi connectivity index (χ0v) is 19.8. The Bertz CT molecular complexity index is 879. The molecule has 3 aromatic rings. The molecule has 0 bridgehead atoms. The first kappa shape index (κ1) is 27.6. The summed E-state index contributed by atoms with van der Waals surface area (Å²) in [6.07, 6.45) is 12.4. The predicted molar refractivity (Wildman–Crippen MR) is 115 cm³/mol. The smallest absolute Gasteiger partial charge is 0.425 e. The summed E-state index contributed by atoms with van der Waals surface area (Å²) in [5.74, 6) is 3.47. The average molecular weight is 602 g/mol. The average Bonchev–Trinajstić information content (AvgIpc) is 3.49. The van der Waals surface area contributed by atoms with E-state index in [1.54, 1.807) is 46.5 Å².